The second-order valence-electron chi connectivity index (χ2n) is 4.37. The van der Waals surface area contributed by atoms with Gasteiger partial charge in [0.2, 0.25) is 0 Å². The Labute approximate surface area is 131 Å². The highest BCUT2D eigenvalue weighted by Gasteiger charge is 2.31. The highest BCUT2D eigenvalue weighted by Crippen LogP contribution is 2.34. The molecule has 1 unspecified atom stereocenters. The molecule has 0 radical (unpaired) electrons. The van der Waals surface area contributed by atoms with Gasteiger partial charge in [-0.25, -0.2) is 4.39 Å². The predicted molar refractivity (Wildman–Crippen MR) is 76.6 cm³/mol. The van der Waals surface area contributed by atoms with E-state index < -0.39 is 23.6 Å². The number of benzene rings is 2. The molecule has 2 N–H and O–H groups in total. The molecule has 0 aliphatic rings. The standard InChI is InChI=1S/C14H9BrClF4N/c15-10-5-4-9(12(17)11(10)16)13(21)7-2-1-3-8(6-7)14(18,19)20/h1-6,13H,21H2. The lowest BCUT2D eigenvalue weighted by Gasteiger charge is -2.16. The van der Waals surface area contributed by atoms with E-state index in [0.29, 0.717) is 4.47 Å². The van der Waals surface area contributed by atoms with Crippen molar-refractivity contribution in [2.75, 3.05) is 0 Å². The second kappa shape index (κ2) is 5.94. The van der Waals surface area contributed by atoms with Crippen molar-refractivity contribution in [2.24, 2.45) is 5.73 Å². The lowest BCUT2D eigenvalue weighted by Crippen LogP contribution is -2.15. The summed E-state index contributed by atoms with van der Waals surface area (Å²) >= 11 is 8.82. The van der Waals surface area contributed by atoms with Crippen LogP contribution in [0.1, 0.15) is 22.7 Å². The van der Waals surface area contributed by atoms with Crippen LogP contribution in [-0.2, 0) is 6.18 Å². The van der Waals surface area contributed by atoms with E-state index in [2.05, 4.69) is 15.9 Å². The van der Waals surface area contributed by atoms with Crippen LogP contribution < -0.4 is 5.73 Å². The van der Waals surface area contributed by atoms with Crippen molar-refractivity contribution in [2.45, 2.75) is 12.2 Å². The van der Waals surface area contributed by atoms with Crippen LogP contribution in [0.5, 0.6) is 0 Å². The first-order valence-corrected chi connectivity index (χ1v) is 6.95. The van der Waals surface area contributed by atoms with E-state index in [4.69, 9.17) is 17.3 Å². The molecular weight excluding hydrogens is 374 g/mol. The third-order valence-electron chi connectivity index (χ3n) is 2.97. The first-order chi connectivity index (χ1) is 9.71. The maximum atomic E-state index is 14.1. The molecule has 0 fully saturated rings. The molecule has 0 saturated heterocycles. The molecule has 2 rings (SSSR count). The number of hydrogen-bond donors (Lipinski definition) is 1. The van der Waals surface area contributed by atoms with Crippen molar-refractivity contribution in [3.63, 3.8) is 0 Å². The van der Waals surface area contributed by atoms with Crippen molar-refractivity contribution in [1.82, 2.24) is 0 Å². The fourth-order valence-electron chi connectivity index (χ4n) is 1.87. The van der Waals surface area contributed by atoms with Crippen LogP contribution in [0.25, 0.3) is 0 Å². The van der Waals surface area contributed by atoms with Crippen molar-refractivity contribution in [3.05, 3.63) is 68.4 Å². The van der Waals surface area contributed by atoms with Crippen molar-refractivity contribution in [1.29, 1.82) is 0 Å². The minimum atomic E-state index is -4.48. The van der Waals surface area contributed by atoms with E-state index in [1.165, 1.54) is 24.3 Å². The Morgan fingerprint density at radius 2 is 1.81 bits per heavy atom. The third-order valence-corrected chi connectivity index (χ3v) is 4.23. The molecule has 0 bridgehead atoms. The van der Waals surface area contributed by atoms with Gasteiger partial charge in [-0.15, -0.1) is 0 Å². The van der Waals surface area contributed by atoms with Gasteiger partial charge in [0.15, 0.2) is 0 Å². The Morgan fingerprint density at radius 1 is 1.14 bits per heavy atom. The van der Waals surface area contributed by atoms with E-state index in [0.717, 1.165) is 12.1 Å². The fraction of sp³-hybridized carbons (Fsp3) is 0.143. The molecule has 0 heterocycles. The van der Waals surface area contributed by atoms with Gasteiger partial charge in [0, 0.05) is 10.0 Å². The van der Waals surface area contributed by atoms with Gasteiger partial charge < -0.3 is 5.73 Å². The van der Waals surface area contributed by atoms with Gasteiger partial charge in [0.05, 0.1) is 16.6 Å². The largest absolute Gasteiger partial charge is 0.416 e. The molecule has 0 aliphatic heterocycles. The van der Waals surface area contributed by atoms with Crippen molar-refractivity contribution < 1.29 is 17.6 Å². The number of halogens is 6. The van der Waals surface area contributed by atoms with Gasteiger partial charge in [-0.1, -0.05) is 29.8 Å². The molecule has 2 aromatic rings. The topological polar surface area (TPSA) is 26.0 Å². The van der Waals surface area contributed by atoms with Crippen molar-refractivity contribution in [3.8, 4) is 0 Å². The van der Waals surface area contributed by atoms with E-state index in [-0.39, 0.29) is 16.1 Å². The zero-order valence-electron chi connectivity index (χ0n) is 10.4. The molecule has 21 heavy (non-hydrogen) atoms. The van der Waals surface area contributed by atoms with Gasteiger partial charge in [-0.3, -0.25) is 0 Å². The fourth-order valence-corrected chi connectivity index (χ4v) is 2.35. The van der Waals surface area contributed by atoms with E-state index >= 15 is 0 Å². The SMILES string of the molecule is NC(c1cccc(C(F)(F)F)c1)c1ccc(Br)c(Cl)c1F. The lowest BCUT2D eigenvalue weighted by atomic mass is 9.97. The zero-order valence-corrected chi connectivity index (χ0v) is 12.7. The zero-order chi connectivity index (χ0) is 15.8. The summed E-state index contributed by atoms with van der Waals surface area (Å²) < 4.78 is 52.5. The quantitative estimate of drug-likeness (QED) is 0.553. The number of nitrogens with two attached hydrogens (primary N) is 1. The predicted octanol–water partition coefficient (Wildman–Crippen LogP) is 5.31. The van der Waals surface area contributed by atoms with Gasteiger partial charge in [-0.2, -0.15) is 13.2 Å². The van der Waals surface area contributed by atoms with Crippen LogP contribution in [0.4, 0.5) is 17.6 Å². The molecule has 112 valence electrons. The minimum Gasteiger partial charge on any atom is -0.320 e. The highest BCUT2D eigenvalue weighted by molar-refractivity contribution is 9.10. The molecule has 0 aromatic heterocycles. The molecule has 0 amide bonds. The first-order valence-electron chi connectivity index (χ1n) is 5.78. The molecule has 0 saturated carbocycles. The van der Waals surface area contributed by atoms with Gasteiger partial charge >= 0.3 is 6.18 Å². The average molecular weight is 383 g/mol. The van der Waals surface area contributed by atoms with E-state index in [1.54, 1.807) is 0 Å². The van der Waals surface area contributed by atoms with Gasteiger partial charge in [0.1, 0.15) is 5.82 Å². The molecule has 1 nitrogen and oxygen atoms in total. The highest BCUT2D eigenvalue weighted by atomic mass is 79.9. The molecule has 1 atom stereocenters. The molecule has 7 heteroatoms. The molecule has 2 aromatic carbocycles. The van der Waals surface area contributed by atoms with Crippen LogP contribution >= 0.6 is 27.5 Å². The van der Waals surface area contributed by atoms with Crippen LogP contribution in [0, 0.1) is 5.82 Å². The van der Waals surface area contributed by atoms with Gasteiger partial charge in [-0.05, 0) is 39.7 Å². The Hall–Kier alpha value is -1.11. The third kappa shape index (κ3) is 3.39. The average Bonchev–Trinajstić information content (AvgIpc) is 2.43. The van der Waals surface area contributed by atoms with Crippen LogP contribution in [0.15, 0.2) is 40.9 Å². The first kappa shape index (κ1) is 16.3. The summed E-state index contributed by atoms with van der Waals surface area (Å²) in [7, 11) is 0. The Kier molecular flexibility index (Phi) is 4.60. The number of alkyl halides is 3. The monoisotopic (exact) mass is 381 g/mol. The van der Waals surface area contributed by atoms with Gasteiger partial charge in [0.25, 0.3) is 0 Å². The lowest BCUT2D eigenvalue weighted by molar-refractivity contribution is -0.137. The molecule has 0 spiro atoms. The summed E-state index contributed by atoms with van der Waals surface area (Å²) in [4.78, 5) is 0. The van der Waals surface area contributed by atoms with Crippen LogP contribution in [-0.4, -0.2) is 0 Å². The summed E-state index contributed by atoms with van der Waals surface area (Å²) in [6, 6.07) is 6.31. The smallest absolute Gasteiger partial charge is 0.320 e. The Balaban J connectivity index is 2.46. The Bertz CT molecular complexity index is 673. The maximum absolute atomic E-state index is 14.1. The molecule has 0 aliphatic carbocycles. The number of rotatable bonds is 2. The summed E-state index contributed by atoms with van der Waals surface area (Å²) in [6.07, 6.45) is -4.48. The van der Waals surface area contributed by atoms with E-state index in [1.807, 2.05) is 0 Å². The summed E-state index contributed by atoms with van der Waals surface area (Å²) in [6.45, 7) is 0. The normalized spacial score (nSPS) is 13.3. The summed E-state index contributed by atoms with van der Waals surface area (Å²) in [5.74, 6) is -0.754. The second-order valence-corrected chi connectivity index (χ2v) is 5.60. The maximum Gasteiger partial charge on any atom is 0.416 e. The molecular formula is C14H9BrClF4N. The Morgan fingerprint density at radius 3 is 2.43 bits per heavy atom. The van der Waals surface area contributed by atoms with Crippen LogP contribution in [0.2, 0.25) is 5.02 Å². The van der Waals surface area contributed by atoms with Crippen molar-refractivity contribution >= 4 is 27.5 Å². The summed E-state index contributed by atoms with van der Waals surface area (Å²) in [5, 5.41) is -0.157. The van der Waals surface area contributed by atoms with Crippen LogP contribution in [0.3, 0.4) is 0 Å². The number of hydrogen-bond acceptors (Lipinski definition) is 1. The summed E-state index contributed by atoms with van der Waals surface area (Å²) in [5.41, 5.74) is 5.22. The minimum absolute atomic E-state index is 0.0301. The van der Waals surface area contributed by atoms with E-state index in [9.17, 15) is 17.6 Å².